The van der Waals surface area contributed by atoms with Crippen molar-refractivity contribution in [2.24, 2.45) is 11.8 Å². The van der Waals surface area contributed by atoms with Crippen LogP contribution in [0.4, 0.5) is 0 Å². The van der Waals surface area contributed by atoms with Gasteiger partial charge in [-0.15, -0.1) is 0 Å². The highest BCUT2D eigenvalue weighted by molar-refractivity contribution is 5.76. The average Bonchev–Trinajstić information content (AvgIpc) is 2.55. The zero-order valence-electron chi connectivity index (χ0n) is 17.4. The van der Waals surface area contributed by atoms with Crippen LogP contribution in [0.25, 0.3) is 0 Å². The SMILES string of the molecule is CCCCCCOc1ccc(OC(=O)CC(C)C)c(OC(=O)CC(C)C)c1. The van der Waals surface area contributed by atoms with Crippen molar-refractivity contribution in [1.29, 1.82) is 0 Å². The maximum atomic E-state index is 12.1. The lowest BCUT2D eigenvalue weighted by atomic mass is 10.1. The molecule has 1 aromatic carbocycles. The van der Waals surface area contributed by atoms with Gasteiger partial charge in [0.2, 0.25) is 0 Å². The van der Waals surface area contributed by atoms with Crippen molar-refractivity contribution in [2.45, 2.75) is 73.1 Å². The summed E-state index contributed by atoms with van der Waals surface area (Å²) in [5.41, 5.74) is 0. The molecule has 0 aliphatic carbocycles. The van der Waals surface area contributed by atoms with Crippen LogP contribution in [0, 0.1) is 11.8 Å². The van der Waals surface area contributed by atoms with Gasteiger partial charge in [0, 0.05) is 18.9 Å². The summed E-state index contributed by atoms with van der Waals surface area (Å²) in [6.45, 7) is 10.5. The molecule has 5 nitrogen and oxygen atoms in total. The van der Waals surface area contributed by atoms with Crippen molar-refractivity contribution < 1.29 is 23.8 Å². The van der Waals surface area contributed by atoms with Crippen LogP contribution in [-0.4, -0.2) is 18.5 Å². The minimum atomic E-state index is -0.355. The smallest absolute Gasteiger partial charge is 0.311 e. The Bertz CT molecular complexity index is 592. The first-order valence-corrected chi connectivity index (χ1v) is 10.00. The van der Waals surface area contributed by atoms with Gasteiger partial charge in [0.1, 0.15) is 5.75 Å². The van der Waals surface area contributed by atoms with E-state index in [1.807, 2.05) is 27.7 Å². The number of unbranched alkanes of at least 4 members (excludes halogenated alkanes) is 3. The Morgan fingerprint density at radius 3 is 2.00 bits per heavy atom. The second-order valence-corrected chi connectivity index (χ2v) is 7.66. The molecule has 0 amide bonds. The van der Waals surface area contributed by atoms with E-state index in [0.29, 0.717) is 25.2 Å². The second-order valence-electron chi connectivity index (χ2n) is 7.66. The Labute approximate surface area is 163 Å². The molecule has 0 aliphatic heterocycles. The predicted octanol–water partition coefficient (Wildman–Crippen LogP) is 5.55. The van der Waals surface area contributed by atoms with Crippen LogP contribution >= 0.6 is 0 Å². The molecule has 0 spiro atoms. The summed E-state index contributed by atoms with van der Waals surface area (Å²) >= 11 is 0. The maximum absolute atomic E-state index is 12.1. The van der Waals surface area contributed by atoms with Gasteiger partial charge in [-0.3, -0.25) is 9.59 Å². The molecular weight excluding hydrogens is 344 g/mol. The summed E-state index contributed by atoms with van der Waals surface area (Å²) in [6.07, 6.45) is 5.05. The Morgan fingerprint density at radius 1 is 0.852 bits per heavy atom. The van der Waals surface area contributed by atoms with Gasteiger partial charge in [0.15, 0.2) is 11.5 Å². The first-order chi connectivity index (χ1) is 12.8. The fraction of sp³-hybridized carbons (Fsp3) is 0.636. The first-order valence-electron chi connectivity index (χ1n) is 10.00. The van der Waals surface area contributed by atoms with Crippen LogP contribution < -0.4 is 14.2 Å². The molecule has 0 heterocycles. The van der Waals surface area contributed by atoms with Gasteiger partial charge < -0.3 is 14.2 Å². The van der Waals surface area contributed by atoms with Crippen molar-refractivity contribution in [2.75, 3.05) is 6.61 Å². The van der Waals surface area contributed by atoms with Crippen LogP contribution in [0.3, 0.4) is 0 Å². The molecule has 0 unspecified atom stereocenters. The fourth-order valence-electron chi connectivity index (χ4n) is 2.46. The maximum Gasteiger partial charge on any atom is 0.311 e. The molecule has 152 valence electrons. The van der Waals surface area contributed by atoms with Crippen LogP contribution in [0.1, 0.15) is 73.1 Å². The summed E-state index contributed by atoms with van der Waals surface area (Å²) in [7, 11) is 0. The number of rotatable bonds is 12. The molecule has 0 radical (unpaired) electrons. The number of carbonyl (C=O) groups is 2. The second kappa shape index (κ2) is 12.4. The van der Waals surface area contributed by atoms with Crippen molar-refractivity contribution in [3.05, 3.63) is 18.2 Å². The van der Waals surface area contributed by atoms with E-state index in [1.54, 1.807) is 18.2 Å². The fourth-order valence-corrected chi connectivity index (χ4v) is 2.46. The third-order valence-electron chi connectivity index (χ3n) is 3.78. The quantitative estimate of drug-likeness (QED) is 0.271. The zero-order valence-corrected chi connectivity index (χ0v) is 17.4. The van der Waals surface area contributed by atoms with E-state index in [9.17, 15) is 9.59 Å². The van der Waals surface area contributed by atoms with Crippen LogP contribution in [0.2, 0.25) is 0 Å². The van der Waals surface area contributed by atoms with Crippen molar-refractivity contribution in [3.8, 4) is 17.2 Å². The lowest BCUT2D eigenvalue weighted by molar-refractivity contribution is -0.138. The van der Waals surface area contributed by atoms with Gasteiger partial charge in [0.05, 0.1) is 6.61 Å². The highest BCUT2D eigenvalue weighted by atomic mass is 16.6. The summed E-state index contributed by atoms with van der Waals surface area (Å²) in [5.74, 6) is 0.741. The molecular formula is C22H34O5. The standard InChI is InChI=1S/C22H34O5/c1-6-7-8-9-12-25-18-10-11-19(26-21(23)13-16(2)3)20(15-18)27-22(24)14-17(4)5/h10-11,15-17H,6-9,12-14H2,1-5H3. The molecule has 0 aromatic heterocycles. The van der Waals surface area contributed by atoms with E-state index in [-0.39, 0.29) is 35.3 Å². The Morgan fingerprint density at radius 2 is 1.44 bits per heavy atom. The van der Waals surface area contributed by atoms with Gasteiger partial charge in [-0.2, -0.15) is 0 Å². The highest BCUT2D eigenvalue weighted by Crippen LogP contribution is 2.33. The largest absolute Gasteiger partial charge is 0.493 e. The van der Waals surface area contributed by atoms with Crippen molar-refractivity contribution in [1.82, 2.24) is 0 Å². The van der Waals surface area contributed by atoms with Gasteiger partial charge >= 0.3 is 11.9 Å². The predicted molar refractivity (Wildman–Crippen MR) is 106 cm³/mol. The Balaban J connectivity index is 2.83. The lowest BCUT2D eigenvalue weighted by Gasteiger charge is -2.14. The minimum absolute atomic E-state index is 0.183. The molecule has 27 heavy (non-hydrogen) atoms. The molecule has 1 rings (SSSR count). The molecule has 0 N–H and O–H groups in total. The number of esters is 2. The minimum Gasteiger partial charge on any atom is -0.493 e. The van der Waals surface area contributed by atoms with E-state index in [0.717, 1.165) is 12.8 Å². The highest BCUT2D eigenvalue weighted by Gasteiger charge is 2.17. The molecule has 0 saturated carbocycles. The van der Waals surface area contributed by atoms with Crippen LogP contribution in [0.5, 0.6) is 17.2 Å². The van der Waals surface area contributed by atoms with Crippen molar-refractivity contribution >= 4 is 11.9 Å². The third kappa shape index (κ3) is 10.0. The van der Waals surface area contributed by atoms with Crippen LogP contribution in [-0.2, 0) is 9.59 Å². The number of hydrogen-bond donors (Lipinski definition) is 0. The van der Waals surface area contributed by atoms with E-state index in [4.69, 9.17) is 14.2 Å². The number of carbonyl (C=O) groups excluding carboxylic acids is 2. The molecule has 0 bridgehead atoms. The zero-order chi connectivity index (χ0) is 20.2. The summed E-state index contributed by atoms with van der Waals surface area (Å²) in [5, 5.41) is 0. The number of benzene rings is 1. The van der Waals surface area contributed by atoms with Crippen LogP contribution in [0.15, 0.2) is 18.2 Å². The van der Waals surface area contributed by atoms with Gasteiger partial charge in [-0.25, -0.2) is 0 Å². The summed E-state index contributed by atoms with van der Waals surface area (Å²) < 4.78 is 16.6. The summed E-state index contributed by atoms with van der Waals surface area (Å²) in [4.78, 5) is 24.1. The van der Waals surface area contributed by atoms with E-state index >= 15 is 0 Å². The third-order valence-corrected chi connectivity index (χ3v) is 3.78. The number of ether oxygens (including phenoxy) is 3. The van der Waals surface area contributed by atoms with E-state index < -0.39 is 0 Å². The molecule has 0 aliphatic rings. The summed E-state index contributed by atoms with van der Waals surface area (Å²) in [6, 6.07) is 4.98. The van der Waals surface area contributed by atoms with Crippen molar-refractivity contribution in [3.63, 3.8) is 0 Å². The molecule has 0 saturated heterocycles. The Kier molecular flexibility index (Phi) is 10.5. The van der Waals surface area contributed by atoms with Gasteiger partial charge in [-0.1, -0.05) is 53.9 Å². The monoisotopic (exact) mass is 378 g/mol. The first kappa shape index (κ1) is 23.0. The molecule has 0 atom stereocenters. The average molecular weight is 379 g/mol. The molecule has 5 heteroatoms. The number of hydrogen-bond acceptors (Lipinski definition) is 5. The van der Waals surface area contributed by atoms with Gasteiger partial charge in [0.25, 0.3) is 0 Å². The van der Waals surface area contributed by atoms with E-state index in [1.165, 1.54) is 12.8 Å². The van der Waals surface area contributed by atoms with Gasteiger partial charge in [-0.05, 0) is 30.4 Å². The molecule has 0 fully saturated rings. The lowest BCUT2D eigenvalue weighted by Crippen LogP contribution is -2.14. The normalized spacial score (nSPS) is 10.9. The topological polar surface area (TPSA) is 61.8 Å². The Hall–Kier alpha value is -2.04. The van der Waals surface area contributed by atoms with E-state index in [2.05, 4.69) is 6.92 Å². The molecule has 1 aromatic rings.